The zero-order valence-corrected chi connectivity index (χ0v) is 13.3. The average Bonchev–Trinajstić information content (AvgIpc) is 2.97. The van der Waals surface area contributed by atoms with Crippen molar-refractivity contribution in [3.05, 3.63) is 35.5 Å². The predicted molar refractivity (Wildman–Crippen MR) is 83.0 cm³/mol. The van der Waals surface area contributed by atoms with Crippen LogP contribution in [0.1, 0.15) is 44.6 Å². The highest BCUT2D eigenvalue weighted by atomic mass is 16.7. The minimum Gasteiger partial charge on any atom is -0.439 e. The molecule has 2 aromatic rings. The molecular weight excluding hydrogens is 296 g/mol. The molecule has 2 atom stereocenters. The molecule has 1 amide bonds. The van der Waals surface area contributed by atoms with Gasteiger partial charge in [0.25, 0.3) is 0 Å². The van der Waals surface area contributed by atoms with Gasteiger partial charge in [-0.2, -0.15) is 4.73 Å². The fraction of sp³-hybridized carbons (Fsp3) is 0.412. The molecule has 1 fully saturated rings. The molecule has 2 heterocycles. The molecule has 1 saturated heterocycles. The highest BCUT2D eigenvalue weighted by Crippen LogP contribution is 2.49. The quantitative estimate of drug-likeness (QED) is 0.878. The number of benzene rings is 1. The molecule has 4 rings (SSSR count). The molecule has 1 N–H and O–H groups in total. The Labute approximate surface area is 133 Å². The maximum absolute atomic E-state index is 11.7. The van der Waals surface area contributed by atoms with Crippen LogP contribution in [0.2, 0.25) is 0 Å². The zero-order chi connectivity index (χ0) is 16.4. The number of ether oxygens (including phenoxy) is 1. The lowest BCUT2D eigenvalue weighted by Gasteiger charge is -2.36. The molecule has 6 heteroatoms. The van der Waals surface area contributed by atoms with E-state index < -0.39 is 6.09 Å². The van der Waals surface area contributed by atoms with Crippen LogP contribution in [0.3, 0.4) is 0 Å². The fourth-order valence-electron chi connectivity index (χ4n) is 3.91. The van der Waals surface area contributed by atoms with E-state index >= 15 is 0 Å². The molecule has 0 spiro atoms. The Hall–Kier alpha value is -2.50. The first kappa shape index (κ1) is 14.1. The number of para-hydroxylation sites is 1. The van der Waals surface area contributed by atoms with E-state index in [-0.39, 0.29) is 23.5 Å². The Balaban J connectivity index is 2.05. The number of hydrogen-bond acceptors (Lipinski definition) is 4. The number of carbonyl (C=O) groups is 2. The topological polar surface area (TPSA) is 69.6 Å². The third-order valence-electron chi connectivity index (χ3n) is 4.65. The van der Waals surface area contributed by atoms with Crippen molar-refractivity contribution in [2.45, 2.75) is 44.8 Å². The standard InChI is InChI=1S/C17H18N2O4/c1-9(20)23-19-12-7-5-4-6-10(12)13-14-11(18-16(21)22-14)8-17(2,3)15(13)19/h4-7,11,14H,8H2,1-3H3,(H,18,21)/t11-,14?/m0/s1. The molecule has 1 aromatic heterocycles. The number of alkyl carbamates (subject to hydrolysis) is 1. The van der Waals surface area contributed by atoms with E-state index in [4.69, 9.17) is 9.57 Å². The molecule has 0 bridgehead atoms. The second kappa shape index (κ2) is 4.50. The van der Waals surface area contributed by atoms with Gasteiger partial charge in [-0.1, -0.05) is 32.0 Å². The number of amides is 1. The third-order valence-corrected chi connectivity index (χ3v) is 4.65. The summed E-state index contributed by atoms with van der Waals surface area (Å²) < 4.78 is 7.11. The second-order valence-electron chi connectivity index (χ2n) is 6.82. The number of rotatable bonds is 1. The molecule has 1 aromatic carbocycles. The van der Waals surface area contributed by atoms with Gasteiger partial charge in [-0.3, -0.25) is 0 Å². The van der Waals surface area contributed by atoms with E-state index in [1.165, 1.54) is 6.92 Å². The molecule has 0 saturated carbocycles. The van der Waals surface area contributed by atoms with Crippen molar-refractivity contribution in [1.82, 2.24) is 10.0 Å². The maximum Gasteiger partial charge on any atom is 0.408 e. The second-order valence-corrected chi connectivity index (χ2v) is 6.82. The minimum absolute atomic E-state index is 0.0680. The summed E-state index contributed by atoms with van der Waals surface area (Å²) in [5.41, 5.74) is 2.36. The lowest BCUT2D eigenvalue weighted by atomic mass is 9.73. The Morgan fingerprint density at radius 1 is 1.39 bits per heavy atom. The van der Waals surface area contributed by atoms with Gasteiger partial charge in [-0.15, -0.1) is 0 Å². The van der Waals surface area contributed by atoms with Crippen LogP contribution in [0.25, 0.3) is 10.9 Å². The monoisotopic (exact) mass is 314 g/mol. The number of nitrogens with zero attached hydrogens (tertiary/aromatic N) is 1. The number of nitrogens with one attached hydrogen (secondary N) is 1. The van der Waals surface area contributed by atoms with Gasteiger partial charge in [0.1, 0.15) is 0 Å². The summed E-state index contributed by atoms with van der Waals surface area (Å²) in [4.78, 5) is 28.8. The maximum atomic E-state index is 11.7. The van der Waals surface area contributed by atoms with Crippen molar-refractivity contribution in [1.29, 1.82) is 0 Å². The molecule has 120 valence electrons. The van der Waals surface area contributed by atoms with Crippen LogP contribution < -0.4 is 10.2 Å². The van der Waals surface area contributed by atoms with Crippen molar-refractivity contribution in [3.63, 3.8) is 0 Å². The number of hydrogen-bond donors (Lipinski definition) is 1. The van der Waals surface area contributed by atoms with Crippen molar-refractivity contribution < 1.29 is 19.2 Å². The average molecular weight is 314 g/mol. The first-order valence-corrected chi connectivity index (χ1v) is 7.68. The van der Waals surface area contributed by atoms with Crippen LogP contribution in [0.5, 0.6) is 0 Å². The summed E-state index contributed by atoms with van der Waals surface area (Å²) >= 11 is 0. The molecule has 0 radical (unpaired) electrons. The molecule has 23 heavy (non-hydrogen) atoms. The van der Waals surface area contributed by atoms with Crippen LogP contribution in [0, 0.1) is 0 Å². The highest BCUT2D eigenvalue weighted by molar-refractivity contribution is 5.88. The van der Waals surface area contributed by atoms with Crippen LogP contribution in [-0.2, 0) is 14.9 Å². The Bertz CT molecular complexity index is 836. The van der Waals surface area contributed by atoms with E-state index in [1.54, 1.807) is 4.73 Å². The summed E-state index contributed by atoms with van der Waals surface area (Å²) in [6.45, 7) is 5.56. The molecular formula is C17H18N2O4. The Morgan fingerprint density at radius 2 is 2.13 bits per heavy atom. The van der Waals surface area contributed by atoms with E-state index in [0.29, 0.717) is 6.42 Å². The van der Waals surface area contributed by atoms with Crippen LogP contribution in [-0.4, -0.2) is 22.8 Å². The van der Waals surface area contributed by atoms with Crippen LogP contribution in [0.4, 0.5) is 4.79 Å². The SMILES string of the molecule is CC(=O)On1c2c(c3ccccc31)C1OC(=O)N[C@H]1CC2(C)C. The largest absolute Gasteiger partial charge is 0.439 e. The van der Waals surface area contributed by atoms with Crippen LogP contribution >= 0.6 is 0 Å². The normalized spacial score (nSPS) is 24.6. The van der Waals surface area contributed by atoms with Gasteiger partial charge in [-0.05, 0) is 12.5 Å². The van der Waals surface area contributed by atoms with E-state index in [9.17, 15) is 9.59 Å². The lowest BCUT2D eigenvalue weighted by molar-refractivity contribution is -0.141. The molecule has 6 nitrogen and oxygen atoms in total. The van der Waals surface area contributed by atoms with Crippen molar-refractivity contribution >= 4 is 23.0 Å². The summed E-state index contributed by atoms with van der Waals surface area (Å²) in [5.74, 6) is -0.381. The summed E-state index contributed by atoms with van der Waals surface area (Å²) in [5, 5.41) is 3.84. The van der Waals surface area contributed by atoms with Crippen molar-refractivity contribution in [2.75, 3.05) is 0 Å². The fourth-order valence-corrected chi connectivity index (χ4v) is 3.91. The molecule has 1 aliphatic heterocycles. The predicted octanol–water partition coefficient (Wildman–Crippen LogP) is 2.45. The van der Waals surface area contributed by atoms with Crippen LogP contribution in [0.15, 0.2) is 24.3 Å². The molecule has 2 aliphatic rings. The Kier molecular flexibility index (Phi) is 2.76. The smallest absolute Gasteiger partial charge is 0.408 e. The lowest BCUT2D eigenvalue weighted by Crippen LogP contribution is -2.41. The summed E-state index contributed by atoms with van der Waals surface area (Å²) in [6.07, 6.45) is -0.0336. The molecule has 1 unspecified atom stereocenters. The van der Waals surface area contributed by atoms with Gasteiger partial charge >= 0.3 is 12.1 Å². The van der Waals surface area contributed by atoms with Gasteiger partial charge in [0.15, 0.2) is 6.10 Å². The molecule has 1 aliphatic carbocycles. The van der Waals surface area contributed by atoms with Crippen molar-refractivity contribution in [3.8, 4) is 0 Å². The van der Waals surface area contributed by atoms with Gasteiger partial charge in [0.05, 0.1) is 17.3 Å². The minimum atomic E-state index is -0.395. The highest BCUT2D eigenvalue weighted by Gasteiger charge is 2.49. The van der Waals surface area contributed by atoms with Gasteiger partial charge in [0.2, 0.25) is 0 Å². The summed E-state index contributed by atoms with van der Waals surface area (Å²) in [7, 11) is 0. The Morgan fingerprint density at radius 3 is 2.87 bits per heavy atom. The first-order chi connectivity index (χ1) is 10.9. The van der Waals surface area contributed by atoms with Gasteiger partial charge in [-0.25, -0.2) is 9.59 Å². The number of carbonyl (C=O) groups excluding carboxylic acids is 2. The van der Waals surface area contributed by atoms with E-state index in [0.717, 1.165) is 22.2 Å². The van der Waals surface area contributed by atoms with Gasteiger partial charge in [0, 0.05) is 23.3 Å². The van der Waals surface area contributed by atoms with Gasteiger partial charge < -0.3 is 14.9 Å². The third kappa shape index (κ3) is 1.94. The van der Waals surface area contributed by atoms with Crippen molar-refractivity contribution in [2.24, 2.45) is 0 Å². The summed E-state index contributed by atoms with van der Waals surface area (Å²) in [6, 6.07) is 7.64. The first-order valence-electron chi connectivity index (χ1n) is 7.68. The zero-order valence-electron chi connectivity index (χ0n) is 13.3. The van der Waals surface area contributed by atoms with E-state index in [1.807, 2.05) is 24.3 Å². The van der Waals surface area contributed by atoms with E-state index in [2.05, 4.69) is 19.2 Å². The number of aromatic nitrogens is 1. The number of fused-ring (bicyclic) bond motifs is 5.